The standard InChI is InChI=1S/C12H16IN3/c1-15-7-14-12(13)11(15)8-5-9-3-4-10(6-8)16(9)2/h5,7,9-10H,3-4,6H2,1-2H3. The molecule has 0 amide bonds. The van der Waals surface area contributed by atoms with Crippen LogP contribution in [0, 0.1) is 3.70 Å². The molecular formula is C12H16IN3. The van der Waals surface area contributed by atoms with Crippen molar-refractivity contribution >= 4 is 28.2 Å². The van der Waals surface area contributed by atoms with Crippen LogP contribution in [0.3, 0.4) is 0 Å². The van der Waals surface area contributed by atoms with Crippen molar-refractivity contribution in [1.29, 1.82) is 0 Å². The number of rotatable bonds is 1. The molecule has 2 aliphatic heterocycles. The number of aromatic nitrogens is 2. The maximum absolute atomic E-state index is 4.38. The molecule has 3 heterocycles. The highest BCUT2D eigenvalue weighted by Gasteiger charge is 2.34. The molecule has 2 unspecified atom stereocenters. The molecule has 86 valence electrons. The van der Waals surface area contributed by atoms with E-state index < -0.39 is 0 Å². The van der Waals surface area contributed by atoms with Gasteiger partial charge in [0.1, 0.15) is 3.70 Å². The lowest BCUT2D eigenvalue weighted by Crippen LogP contribution is -2.34. The van der Waals surface area contributed by atoms with Crippen LogP contribution in [0.1, 0.15) is 25.0 Å². The molecule has 2 bridgehead atoms. The van der Waals surface area contributed by atoms with Crippen molar-refractivity contribution in [2.24, 2.45) is 7.05 Å². The molecule has 3 nitrogen and oxygen atoms in total. The Labute approximate surface area is 110 Å². The third-order valence-corrected chi connectivity index (χ3v) is 4.73. The van der Waals surface area contributed by atoms with Crippen LogP contribution in [0.25, 0.3) is 5.57 Å². The number of nitrogens with zero attached hydrogens (tertiary/aromatic N) is 3. The zero-order valence-corrected chi connectivity index (χ0v) is 11.8. The Bertz CT molecular complexity index is 430. The number of imidazole rings is 1. The maximum Gasteiger partial charge on any atom is 0.126 e. The lowest BCUT2D eigenvalue weighted by atomic mass is 9.99. The predicted molar refractivity (Wildman–Crippen MR) is 73.1 cm³/mol. The zero-order valence-electron chi connectivity index (χ0n) is 9.65. The van der Waals surface area contributed by atoms with Gasteiger partial charge in [-0.05, 0) is 54.5 Å². The number of fused-ring (bicyclic) bond motifs is 2. The minimum atomic E-state index is 0.652. The lowest BCUT2D eigenvalue weighted by Gasteiger charge is -2.30. The fourth-order valence-electron chi connectivity index (χ4n) is 2.98. The van der Waals surface area contributed by atoms with Gasteiger partial charge in [-0.3, -0.25) is 4.90 Å². The smallest absolute Gasteiger partial charge is 0.126 e. The number of hydrogen-bond donors (Lipinski definition) is 0. The van der Waals surface area contributed by atoms with Gasteiger partial charge in [-0.1, -0.05) is 6.08 Å². The monoisotopic (exact) mass is 329 g/mol. The summed E-state index contributed by atoms with van der Waals surface area (Å²) >= 11 is 2.34. The Morgan fingerprint density at radius 1 is 1.38 bits per heavy atom. The summed E-state index contributed by atoms with van der Waals surface area (Å²) < 4.78 is 3.29. The highest BCUT2D eigenvalue weighted by Crippen LogP contribution is 2.38. The van der Waals surface area contributed by atoms with E-state index in [4.69, 9.17) is 0 Å². The van der Waals surface area contributed by atoms with Crippen LogP contribution in [0.2, 0.25) is 0 Å². The van der Waals surface area contributed by atoms with Crippen molar-refractivity contribution in [3.8, 4) is 0 Å². The van der Waals surface area contributed by atoms with Crippen LogP contribution in [0.15, 0.2) is 12.4 Å². The van der Waals surface area contributed by atoms with Gasteiger partial charge >= 0.3 is 0 Å². The van der Waals surface area contributed by atoms with Crippen LogP contribution >= 0.6 is 22.6 Å². The summed E-state index contributed by atoms with van der Waals surface area (Å²) in [6, 6.07) is 1.40. The molecule has 3 rings (SSSR count). The van der Waals surface area contributed by atoms with E-state index in [1.54, 1.807) is 0 Å². The van der Waals surface area contributed by atoms with Gasteiger partial charge in [-0.15, -0.1) is 0 Å². The summed E-state index contributed by atoms with van der Waals surface area (Å²) in [6.07, 6.45) is 8.21. The van der Waals surface area contributed by atoms with Crippen LogP contribution in [-0.2, 0) is 7.05 Å². The predicted octanol–water partition coefficient (Wildman–Crippen LogP) is 2.27. The fourth-order valence-corrected chi connectivity index (χ4v) is 3.83. The van der Waals surface area contributed by atoms with E-state index in [-0.39, 0.29) is 0 Å². The van der Waals surface area contributed by atoms with Crippen LogP contribution < -0.4 is 0 Å². The van der Waals surface area contributed by atoms with Gasteiger partial charge in [-0.25, -0.2) is 4.98 Å². The number of halogens is 1. The van der Waals surface area contributed by atoms with Gasteiger partial charge in [-0.2, -0.15) is 0 Å². The van der Waals surface area contributed by atoms with Crippen LogP contribution in [-0.4, -0.2) is 33.6 Å². The Kier molecular flexibility index (Phi) is 2.58. The molecule has 1 aromatic rings. The van der Waals surface area contributed by atoms with Gasteiger partial charge in [0.25, 0.3) is 0 Å². The summed E-state index contributed by atoms with van der Waals surface area (Å²) in [5, 5.41) is 0. The van der Waals surface area contributed by atoms with E-state index in [0.29, 0.717) is 6.04 Å². The second kappa shape index (κ2) is 3.84. The van der Waals surface area contributed by atoms with Crippen molar-refractivity contribution in [2.45, 2.75) is 31.3 Å². The summed E-state index contributed by atoms with van der Waals surface area (Å²) in [5.41, 5.74) is 2.82. The Morgan fingerprint density at radius 2 is 2.19 bits per heavy atom. The SMILES string of the molecule is CN1C2C=C(c3c(I)ncn3C)CC1CC2. The lowest BCUT2D eigenvalue weighted by molar-refractivity contribution is 0.264. The average Bonchev–Trinajstić information content (AvgIpc) is 2.67. The van der Waals surface area contributed by atoms with E-state index in [1.165, 1.54) is 30.5 Å². The van der Waals surface area contributed by atoms with E-state index in [2.05, 4.69) is 57.2 Å². The van der Waals surface area contributed by atoms with Gasteiger partial charge in [0.2, 0.25) is 0 Å². The Morgan fingerprint density at radius 3 is 2.81 bits per heavy atom. The van der Waals surface area contributed by atoms with E-state index in [0.717, 1.165) is 9.74 Å². The maximum atomic E-state index is 4.38. The molecule has 0 saturated carbocycles. The average molecular weight is 329 g/mol. The molecule has 16 heavy (non-hydrogen) atoms. The van der Waals surface area contributed by atoms with Crippen LogP contribution in [0.4, 0.5) is 0 Å². The van der Waals surface area contributed by atoms with Crippen molar-refractivity contribution in [3.63, 3.8) is 0 Å². The topological polar surface area (TPSA) is 21.1 Å². The molecule has 0 aliphatic carbocycles. The van der Waals surface area contributed by atoms with E-state index in [9.17, 15) is 0 Å². The molecule has 0 spiro atoms. The molecule has 0 radical (unpaired) electrons. The number of aryl methyl sites for hydroxylation is 1. The summed E-state index contributed by atoms with van der Waals surface area (Å²) in [6.45, 7) is 0. The molecule has 0 aromatic carbocycles. The van der Waals surface area contributed by atoms with E-state index in [1.807, 2.05) is 6.33 Å². The van der Waals surface area contributed by atoms with Gasteiger partial charge < -0.3 is 4.57 Å². The normalized spacial score (nSPS) is 29.6. The first-order valence-corrected chi connectivity index (χ1v) is 6.84. The molecule has 2 atom stereocenters. The first kappa shape index (κ1) is 10.8. The molecule has 4 heteroatoms. The zero-order chi connectivity index (χ0) is 11.3. The number of hydrogen-bond acceptors (Lipinski definition) is 2. The minimum absolute atomic E-state index is 0.652. The molecule has 0 N–H and O–H groups in total. The van der Waals surface area contributed by atoms with Crippen molar-refractivity contribution in [2.75, 3.05) is 7.05 Å². The highest BCUT2D eigenvalue weighted by atomic mass is 127. The van der Waals surface area contributed by atoms with Crippen LogP contribution in [0.5, 0.6) is 0 Å². The Hall–Kier alpha value is -0.360. The first-order valence-electron chi connectivity index (χ1n) is 5.76. The fraction of sp³-hybridized carbons (Fsp3) is 0.583. The summed E-state index contributed by atoms with van der Waals surface area (Å²) in [4.78, 5) is 6.90. The van der Waals surface area contributed by atoms with Gasteiger partial charge in [0.05, 0.1) is 12.0 Å². The molecule has 1 saturated heterocycles. The number of likely N-dealkylation sites (N-methyl/N-ethyl adjacent to an activating group) is 1. The highest BCUT2D eigenvalue weighted by molar-refractivity contribution is 14.1. The second-order valence-electron chi connectivity index (χ2n) is 4.85. The molecule has 2 aliphatic rings. The molecular weight excluding hydrogens is 313 g/mol. The van der Waals surface area contributed by atoms with Crippen molar-refractivity contribution in [1.82, 2.24) is 14.5 Å². The van der Waals surface area contributed by atoms with Gasteiger partial charge in [0, 0.05) is 19.1 Å². The Balaban J connectivity index is 2.01. The summed E-state index contributed by atoms with van der Waals surface area (Å²) in [7, 11) is 4.34. The quantitative estimate of drug-likeness (QED) is 0.737. The van der Waals surface area contributed by atoms with E-state index >= 15 is 0 Å². The minimum Gasteiger partial charge on any atom is -0.333 e. The second-order valence-corrected chi connectivity index (χ2v) is 5.88. The van der Waals surface area contributed by atoms with Crippen molar-refractivity contribution in [3.05, 3.63) is 21.8 Å². The third-order valence-electron chi connectivity index (χ3n) is 3.94. The molecule has 1 fully saturated rings. The van der Waals surface area contributed by atoms with Gasteiger partial charge in [0.15, 0.2) is 0 Å². The largest absolute Gasteiger partial charge is 0.333 e. The first-order chi connectivity index (χ1) is 7.66. The molecule has 1 aromatic heterocycles. The van der Waals surface area contributed by atoms with Crippen molar-refractivity contribution < 1.29 is 0 Å². The third kappa shape index (κ3) is 1.54. The summed E-state index contributed by atoms with van der Waals surface area (Å²) in [5.74, 6) is 0.